The minimum Gasteiger partial charge on any atom is -0.328 e. The van der Waals surface area contributed by atoms with Crippen LogP contribution in [0.25, 0.3) is 11.4 Å². The molecule has 1 atom stereocenters. The standard InChI is InChI=1S/C22H24F2N4/c1-16-12-26-22(18-6-8-25-9-7-18)28(16)14-17-3-2-10-27(13-17)15-19-4-5-20(23)11-21(19)24/h4-9,11-12,17H,2-3,10,13-15H2,1H3. The maximum absolute atomic E-state index is 14.0. The lowest BCUT2D eigenvalue weighted by atomic mass is 9.97. The zero-order valence-electron chi connectivity index (χ0n) is 16.0. The van der Waals surface area contributed by atoms with E-state index in [-0.39, 0.29) is 0 Å². The van der Waals surface area contributed by atoms with Crippen molar-refractivity contribution >= 4 is 0 Å². The predicted octanol–water partition coefficient (Wildman–Crippen LogP) is 4.44. The van der Waals surface area contributed by atoms with Crippen LogP contribution in [-0.4, -0.2) is 32.5 Å². The van der Waals surface area contributed by atoms with Crippen molar-refractivity contribution in [1.29, 1.82) is 0 Å². The second-order valence-corrected chi connectivity index (χ2v) is 7.55. The highest BCUT2D eigenvalue weighted by atomic mass is 19.1. The number of pyridine rings is 1. The first-order valence-electron chi connectivity index (χ1n) is 9.69. The first kappa shape index (κ1) is 18.7. The number of hydrogen-bond acceptors (Lipinski definition) is 3. The Kier molecular flexibility index (Phi) is 5.48. The van der Waals surface area contributed by atoms with Crippen LogP contribution in [0.1, 0.15) is 24.1 Å². The summed E-state index contributed by atoms with van der Waals surface area (Å²) < 4.78 is 29.4. The summed E-state index contributed by atoms with van der Waals surface area (Å²) in [5.41, 5.74) is 2.75. The Morgan fingerprint density at radius 1 is 1.14 bits per heavy atom. The van der Waals surface area contributed by atoms with Crippen LogP contribution >= 0.6 is 0 Å². The second-order valence-electron chi connectivity index (χ2n) is 7.55. The molecule has 0 radical (unpaired) electrons. The van der Waals surface area contributed by atoms with Crippen LogP contribution < -0.4 is 0 Å². The Morgan fingerprint density at radius 2 is 1.96 bits per heavy atom. The summed E-state index contributed by atoms with van der Waals surface area (Å²) in [7, 11) is 0. The van der Waals surface area contributed by atoms with E-state index in [2.05, 4.69) is 26.4 Å². The number of imidazole rings is 1. The van der Waals surface area contributed by atoms with Gasteiger partial charge < -0.3 is 4.57 Å². The first-order chi connectivity index (χ1) is 13.6. The minimum absolute atomic E-state index is 0.464. The van der Waals surface area contributed by atoms with Crippen LogP contribution in [0, 0.1) is 24.5 Å². The van der Waals surface area contributed by atoms with Crippen LogP contribution in [0.3, 0.4) is 0 Å². The molecule has 0 bridgehead atoms. The van der Waals surface area contributed by atoms with Crippen LogP contribution in [0.4, 0.5) is 8.78 Å². The van der Waals surface area contributed by atoms with Gasteiger partial charge in [0.1, 0.15) is 17.5 Å². The van der Waals surface area contributed by atoms with Crippen molar-refractivity contribution in [2.45, 2.75) is 32.9 Å². The molecule has 4 nitrogen and oxygen atoms in total. The van der Waals surface area contributed by atoms with Gasteiger partial charge in [0.2, 0.25) is 0 Å². The highest BCUT2D eigenvalue weighted by molar-refractivity contribution is 5.55. The van der Waals surface area contributed by atoms with Crippen molar-refractivity contribution < 1.29 is 8.78 Å². The third kappa shape index (κ3) is 4.12. The van der Waals surface area contributed by atoms with Crippen molar-refractivity contribution in [1.82, 2.24) is 19.4 Å². The Hall–Kier alpha value is -2.60. The SMILES string of the molecule is Cc1cnc(-c2ccncc2)n1CC1CCCN(Cc2ccc(F)cc2F)C1. The van der Waals surface area contributed by atoms with Gasteiger partial charge in [-0.25, -0.2) is 13.8 Å². The monoisotopic (exact) mass is 382 g/mol. The first-order valence-corrected chi connectivity index (χ1v) is 9.69. The molecule has 6 heteroatoms. The van der Waals surface area contributed by atoms with E-state index >= 15 is 0 Å². The lowest BCUT2D eigenvalue weighted by Crippen LogP contribution is -2.37. The minimum atomic E-state index is -0.531. The fourth-order valence-electron chi connectivity index (χ4n) is 4.02. The number of nitrogens with zero attached hydrogens (tertiary/aromatic N) is 4. The van der Waals surface area contributed by atoms with E-state index < -0.39 is 11.6 Å². The number of aromatic nitrogens is 3. The lowest BCUT2D eigenvalue weighted by molar-refractivity contribution is 0.154. The molecule has 0 spiro atoms. The molecule has 1 fully saturated rings. The third-order valence-corrected chi connectivity index (χ3v) is 5.45. The van der Waals surface area contributed by atoms with E-state index in [0.29, 0.717) is 18.0 Å². The topological polar surface area (TPSA) is 34.0 Å². The number of likely N-dealkylation sites (tertiary alicyclic amines) is 1. The number of halogens is 2. The number of aryl methyl sites for hydroxylation is 1. The number of piperidine rings is 1. The van der Waals surface area contributed by atoms with E-state index in [4.69, 9.17) is 0 Å². The zero-order chi connectivity index (χ0) is 19.5. The molecule has 1 aliphatic rings. The molecule has 0 N–H and O–H groups in total. The van der Waals surface area contributed by atoms with Crippen molar-refractivity contribution in [2.24, 2.45) is 5.92 Å². The van der Waals surface area contributed by atoms with Gasteiger partial charge in [-0.2, -0.15) is 0 Å². The van der Waals surface area contributed by atoms with Gasteiger partial charge in [-0.3, -0.25) is 9.88 Å². The van der Waals surface area contributed by atoms with Crippen LogP contribution in [0.2, 0.25) is 0 Å². The largest absolute Gasteiger partial charge is 0.328 e. The molecule has 4 rings (SSSR count). The summed E-state index contributed by atoms with van der Waals surface area (Å²) in [4.78, 5) is 10.9. The molecule has 1 unspecified atom stereocenters. The summed E-state index contributed by atoms with van der Waals surface area (Å²) in [6.45, 7) is 5.30. The molecular formula is C22H24F2N4. The maximum atomic E-state index is 14.0. The Morgan fingerprint density at radius 3 is 2.75 bits per heavy atom. The molecule has 1 saturated heterocycles. The van der Waals surface area contributed by atoms with E-state index in [1.807, 2.05) is 18.3 Å². The van der Waals surface area contributed by atoms with Crippen molar-refractivity contribution in [3.05, 3.63) is 71.8 Å². The number of benzene rings is 1. The Bertz CT molecular complexity index is 939. The quantitative estimate of drug-likeness (QED) is 0.654. The number of rotatable bonds is 5. The highest BCUT2D eigenvalue weighted by Gasteiger charge is 2.23. The van der Waals surface area contributed by atoms with Gasteiger partial charge in [0.25, 0.3) is 0 Å². The average molecular weight is 382 g/mol. The summed E-state index contributed by atoms with van der Waals surface area (Å²) in [5.74, 6) is 0.428. The van der Waals surface area contributed by atoms with Gasteiger partial charge in [0, 0.05) is 61.1 Å². The molecule has 0 amide bonds. The van der Waals surface area contributed by atoms with E-state index in [9.17, 15) is 8.78 Å². The normalized spacial score (nSPS) is 17.8. The summed E-state index contributed by atoms with van der Waals surface area (Å²) in [6, 6.07) is 7.80. The van der Waals surface area contributed by atoms with Gasteiger partial charge in [-0.05, 0) is 50.4 Å². The summed E-state index contributed by atoms with van der Waals surface area (Å²) >= 11 is 0. The molecule has 146 valence electrons. The number of hydrogen-bond donors (Lipinski definition) is 0. The molecule has 3 heterocycles. The maximum Gasteiger partial charge on any atom is 0.140 e. The fraction of sp³-hybridized carbons (Fsp3) is 0.364. The molecule has 3 aromatic rings. The third-order valence-electron chi connectivity index (χ3n) is 5.45. The van der Waals surface area contributed by atoms with Crippen molar-refractivity contribution in [3.63, 3.8) is 0 Å². The lowest BCUT2D eigenvalue weighted by Gasteiger charge is -2.33. The molecule has 0 saturated carbocycles. The van der Waals surface area contributed by atoms with E-state index in [1.54, 1.807) is 18.5 Å². The van der Waals surface area contributed by atoms with Crippen LogP contribution in [-0.2, 0) is 13.1 Å². The van der Waals surface area contributed by atoms with E-state index in [0.717, 1.165) is 55.6 Å². The second kappa shape index (κ2) is 8.19. The smallest absolute Gasteiger partial charge is 0.140 e. The summed E-state index contributed by atoms with van der Waals surface area (Å²) in [5, 5.41) is 0. The van der Waals surface area contributed by atoms with Gasteiger partial charge in [-0.1, -0.05) is 6.07 Å². The van der Waals surface area contributed by atoms with E-state index in [1.165, 1.54) is 6.07 Å². The van der Waals surface area contributed by atoms with Gasteiger partial charge >= 0.3 is 0 Å². The van der Waals surface area contributed by atoms with Crippen molar-refractivity contribution in [3.8, 4) is 11.4 Å². The summed E-state index contributed by atoms with van der Waals surface area (Å²) in [6.07, 6.45) is 7.68. The van der Waals surface area contributed by atoms with Gasteiger partial charge in [0.15, 0.2) is 0 Å². The fourth-order valence-corrected chi connectivity index (χ4v) is 4.02. The van der Waals surface area contributed by atoms with Crippen LogP contribution in [0.15, 0.2) is 48.9 Å². The molecule has 2 aromatic heterocycles. The molecular weight excluding hydrogens is 358 g/mol. The molecule has 1 aliphatic heterocycles. The molecule has 28 heavy (non-hydrogen) atoms. The van der Waals surface area contributed by atoms with Gasteiger partial charge in [-0.15, -0.1) is 0 Å². The Labute approximate surface area is 163 Å². The van der Waals surface area contributed by atoms with Crippen LogP contribution in [0.5, 0.6) is 0 Å². The average Bonchev–Trinajstić information content (AvgIpc) is 3.05. The molecule has 0 aliphatic carbocycles. The Balaban J connectivity index is 1.47. The predicted molar refractivity (Wildman–Crippen MR) is 105 cm³/mol. The molecule has 1 aromatic carbocycles. The zero-order valence-corrected chi connectivity index (χ0v) is 16.0. The van der Waals surface area contributed by atoms with Gasteiger partial charge in [0.05, 0.1) is 0 Å². The van der Waals surface area contributed by atoms with Crippen molar-refractivity contribution in [2.75, 3.05) is 13.1 Å². The highest BCUT2D eigenvalue weighted by Crippen LogP contribution is 2.25.